The molecule has 1 aromatic carbocycles. The van der Waals surface area contributed by atoms with Gasteiger partial charge in [-0.15, -0.1) is 0 Å². The third kappa shape index (κ3) is 3.87. The number of aryl methyl sites for hydroxylation is 1. The highest BCUT2D eigenvalue weighted by Crippen LogP contribution is 2.39. The minimum Gasteiger partial charge on any atom is -0.391 e. The first-order valence-corrected chi connectivity index (χ1v) is 8.59. The highest BCUT2D eigenvalue weighted by molar-refractivity contribution is 5.65. The number of hydrogen-bond donors (Lipinski definition) is 2. The molecule has 0 amide bonds. The van der Waals surface area contributed by atoms with Crippen LogP contribution in [0.25, 0.3) is 0 Å². The molecule has 1 aromatic rings. The molecular weight excluding hydrogens is 306 g/mol. The first-order chi connectivity index (χ1) is 11.1. The van der Waals surface area contributed by atoms with E-state index < -0.39 is 4.92 Å². The fourth-order valence-corrected chi connectivity index (χ4v) is 3.52. The first kappa shape index (κ1) is 18.7. The summed E-state index contributed by atoms with van der Waals surface area (Å²) in [7, 11) is 0. The van der Waals surface area contributed by atoms with Gasteiger partial charge < -0.3 is 15.3 Å². The zero-order chi connectivity index (χ0) is 18.1. The Morgan fingerprint density at radius 1 is 1.42 bits per heavy atom. The zero-order valence-corrected chi connectivity index (χ0v) is 15.3. The van der Waals surface area contributed by atoms with Crippen molar-refractivity contribution in [3.05, 3.63) is 33.4 Å². The van der Waals surface area contributed by atoms with E-state index in [1.807, 2.05) is 0 Å². The summed E-state index contributed by atoms with van der Waals surface area (Å²) in [6, 6.07) is 4.14. The topological polar surface area (TPSA) is 78.6 Å². The number of rotatable bonds is 5. The molecule has 6 nitrogen and oxygen atoms in total. The van der Waals surface area contributed by atoms with Gasteiger partial charge in [0.05, 0.1) is 17.1 Å². The van der Waals surface area contributed by atoms with E-state index >= 15 is 0 Å². The predicted molar refractivity (Wildman–Crippen MR) is 96.5 cm³/mol. The van der Waals surface area contributed by atoms with Crippen LogP contribution in [0, 0.1) is 10.1 Å². The van der Waals surface area contributed by atoms with Crippen molar-refractivity contribution in [2.75, 3.05) is 11.4 Å². The minimum absolute atomic E-state index is 0.00275. The molecule has 1 aliphatic rings. The Hall–Kier alpha value is -1.66. The number of aliphatic hydroxyl groups excluding tert-OH is 1. The Kier molecular flexibility index (Phi) is 5.50. The fraction of sp³-hybridized carbons (Fsp3) is 0.667. The SMILES string of the molecule is CC(C)NCC1CCc2cc(CO)c([N+](=O)[O-])cc2N1C(C)(C)C. The summed E-state index contributed by atoms with van der Waals surface area (Å²) >= 11 is 0. The van der Waals surface area contributed by atoms with Crippen molar-refractivity contribution in [1.82, 2.24) is 5.32 Å². The van der Waals surface area contributed by atoms with Crippen molar-refractivity contribution < 1.29 is 10.0 Å². The van der Waals surface area contributed by atoms with Gasteiger partial charge in [0.2, 0.25) is 0 Å². The van der Waals surface area contributed by atoms with Crippen molar-refractivity contribution in [2.24, 2.45) is 0 Å². The van der Waals surface area contributed by atoms with E-state index in [4.69, 9.17) is 0 Å². The third-order valence-corrected chi connectivity index (χ3v) is 4.50. The van der Waals surface area contributed by atoms with Crippen LogP contribution in [-0.4, -0.2) is 34.2 Å². The van der Waals surface area contributed by atoms with Crippen molar-refractivity contribution >= 4 is 11.4 Å². The fourth-order valence-electron chi connectivity index (χ4n) is 3.52. The van der Waals surface area contributed by atoms with Gasteiger partial charge in [-0.25, -0.2) is 0 Å². The lowest BCUT2D eigenvalue weighted by molar-refractivity contribution is -0.385. The molecule has 1 atom stereocenters. The summed E-state index contributed by atoms with van der Waals surface area (Å²) in [5.41, 5.74) is 2.26. The predicted octanol–water partition coefficient (Wildman–Crippen LogP) is 3.00. The Morgan fingerprint density at radius 2 is 2.08 bits per heavy atom. The van der Waals surface area contributed by atoms with Gasteiger partial charge in [0.25, 0.3) is 5.69 Å². The monoisotopic (exact) mass is 335 g/mol. The van der Waals surface area contributed by atoms with Crippen molar-refractivity contribution in [3.63, 3.8) is 0 Å². The lowest BCUT2D eigenvalue weighted by atomic mass is 9.89. The van der Waals surface area contributed by atoms with Gasteiger partial charge in [0.1, 0.15) is 0 Å². The smallest absolute Gasteiger partial charge is 0.276 e. The van der Waals surface area contributed by atoms with E-state index in [0.29, 0.717) is 17.6 Å². The molecule has 0 bridgehead atoms. The molecule has 2 rings (SSSR count). The maximum atomic E-state index is 11.4. The van der Waals surface area contributed by atoms with E-state index in [-0.39, 0.29) is 17.8 Å². The van der Waals surface area contributed by atoms with Crippen LogP contribution >= 0.6 is 0 Å². The largest absolute Gasteiger partial charge is 0.391 e. The number of anilines is 1. The molecule has 0 radical (unpaired) electrons. The second-order valence-electron chi connectivity index (χ2n) is 7.82. The molecule has 24 heavy (non-hydrogen) atoms. The maximum Gasteiger partial charge on any atom is 0.276 e. The Morgan fingerprint density at radius 3 is 2.58 bits per heavy atom. The lowest BCUT2D eigenvalue weighted by Gasteiger charge is -2.47. The highest BCUT2D eigenvalue weighted by atomic mass is 16.6. The van der Waals surface area contributed by atoms with E-state index in [1.54, 1.807) is 12.1 Å². The van der Waals surface area contributed by atoms with E-state index in [0.717, 1.165) is 30.6 Å². The van der Waals surface area contributed by atoms with Gasteiger partial charge in [0, 0.05) is 35.9 Å². The highest BCUT2D eigenvalue weighted by Gasteiger charge is 2.35. The number of nitrogens with one attached hydrogen (secondary N) is 1. The van der Waals surface area contributed by atoms with Crippen LogP contribution < -0.4 is 10.2 Å². The Bertz CT molecular complexity index is 608. The number of benzene rings is 1. The molecule has 6 heteroatoms. The second-order valence-corrected chi connectivity index (χ2v) is 7.82. The van der Waals surface area contributed by atoms with Gasteiger partial charge in [-0.1, -0.05) is 13.8 Å². The number of nitro groups is 1. The van der Waals surface area contributed by atoms with Gasteiger partial charge in [0.15, 0.2) is 0 Å². The molecule has 0 fully saturated rings. The normalized spacial score (nSPS) is 18.0. The summed E-state index contributed by atoms with van der Waals surface area (Å²) in [6.45, 7) is 11.2. The standard InChI is InChI=1S/C18H29N3O3/c1-12(2)19-10-15-7-6-13-8-14(11-22)17(21(23)24)9-16(13)20(15)18(3,4)5/h8-9,12,15,19,22H,6-7,10-11H2,1-5H3. The van der Waals surface area contributed by atoms with Gasteiger partial charge >= 0.3 is 0 Å². The van der Waals surface area contributed by atoms with E-state index in [1.165, 1.54) is 0 Å². The van der Waals surface area contributed by atoms with Crippen LogP contribution in [0.1, 0.15) is 52.2 Å². The van der Waals surface area contributed by atoms with Gasteiger partial charge in [-0.05, 0) is 45.2 Å². The third-order valence-electron chi connectivity index (χ3n) is 4.50. The number of aliphatic hydroxyl groups is 1. The summed E-state index contributed by atoms with van der Waals surface area (Å²) < 4.78 is 0. The number of hydrogen-bond acceptors (Lipinski definition) is 5. The second kappa shape index (κ2) is 7.07. The molecule has 134 valence electrons. The molecule has 1 aliphatic heterocycles. The quantitative estimate of drug-likeness (QED) is 0.639. The molecular formula is C18H29N3O3. The Balaban J connectivity index is 2.49. The van der Waals surface area contributed by atoms with Crippen LogP contribution in [0.4, 0.5) is 11.4 Å². The number of nitro benzene ring substituents is 1. The van der Waals surface area contributed by atoms with Crippen LogP contribution in [0.5, 0.6) is 0 Å². The molecule has 0 spiro atoms. The maximum absolute atomic E-state index is 11.4. The molecule has 0 saturated heterocycles. The first-order valence-electron chi connectivity index (χ1n) is 8.59. The zero-order valence-electron chi connectivity index (χ0n) is 15.3. The van der Waals surface area contributed by atoms with Crippen LogP contribution in [0.15, 0.2) is 12.1 Å². The van der Waals surface area contributed by atoms with Crippen LogP contribution in [0.3, 0.4) is 0 Å². The summed E-state index contributed by atoms with van der Waals surface area (Å²) in [5.74, 6) is 0. The summed E-state index contributed by atoms with van der Waals surface area (Å²) in [5, 5.41) is 24.3. The van der Waals surface area contributed by atoms with Crippen molar-refractivity contribution in [2.45, 2.75) is 71.7 Å². The van der Waals surface area contributed by atoms with Crippen molar-refractivity contribution in [3.8, 4) is 0 Å². The minimum atomic E-state index is -0.400. The average molecular weight is 335 g/mol. The van der Waals surface area contributed by atoms with E-state index in [2.05, 4.69) is 44.8 Å². The average Bonchev–Trinajstić information content (AvgIpc) is 2.49. The molecule has 2 N–H and O–H groups in total. The summed E-state index contributed by atoms with van der Waals surface area (Å²) in [4.78, 5) is 13.3. The van der Waals surface area contributed by atoms with Crippen LogP contribution in [-0.2, 0) is 13.0 Å². The van der Waals surface area contributed by atoms with Crippen LogP contribution in [0.2, 0.25) is 0 Å². The van der Waals surface area contributed by atoms with Gasteiger partial charge in [-0.2, -0.15) is 0 Å². The van der Waals surface area contributed by atoms with E-state index in [9.17, 15) is 15.2 Å². The lowest BCUT2D eigenvalue weighted by Crippen LogP contribution is -2.55. The number of nitrogens with zero attached hydrogens (tertiary/aromatic N) is 2. The summed E-state index contributed by atoms with van der Waals surface area (Å²) in [6.07, 6.45) is 1.87. The van der Waals surface area contributed by atoms with Gasteiger partial charge in [-0.3, -0.25) is 10.1 Å². The molecule has 1 heterocycles. The Labute approximate surface area is 144 Å². The molecule has 0 aliphatic carbocycles. The molecule has 0 aromatic heterocycles. The molecule has 0 saturated carbocycles. The van der Waals surface area contributed by atoms with Crippen molar-refractivity contribution in [1.29, 1.82) is 0 Å². The molecule has 1 unspecified atom stereocenters. The number of fused-ring (bicyclic) bond motifs is 1.